The van der Waals surface area contributed by atoms with Gasteiger partial charge in [-0.1, -0.05) is 0 Å². The molecule has 26 heavy (non-hydrogen) atoms. The maximum absolute atomic E-state index is 13.2. The number of hydrogen-bond acceptors (Lipinski definition) is 4. The molecule has 0 fully saturated rings. The van der Waals surface area contributed by atoms with Gasteiger partial charge in [0.15, 0.2) is 5.65 Å². The predicted octanol–water partition coefficient (Wildman–Crippen LogP) is 3.38. The van der Waals surface area contributed by atoms with Gasteiger partial charge in [-0.25, -0.2) is 18.9 Å². The third kappa shape index (κ3) is 2.90. The van der Waals surface area contributed by atoms with Gasteiger partial charge in [0.05, 0.1) is 29.4 Å². The van der Waals surface area contributed by atoms with Crippen molar-refractivity contribution in [3.8, 4) is 11.3 Å². The first-order valence-electron chi connectivity index (χ1n) is 7.86. The Morgan fingerprint density at radius 3 is 2.54 bits per heavy atom. The minimum absolute atomic E-state index is 0.107. The van der Waals surface area contributed by atoms with Crippen molar-refractivity contribution in [1.82, 2.24) is 19.7 Å². The van der Waals surface area contributed by atoms with Gasteiger partial charge in [-0.15, -0.1) is 0 Å². The lowest BCUT2D eigenvalue weighted by molar-refractivity contribution is 0.0699. The first kappa shape index (κ1) is 15.9. The maximum Gasteiger partial charge on any atom is 0.336 e. The summed E-state index contributed by atoms with van der Waals surface area (Å²) in [4.78, 5) is 20.2. The first-order chi connectivity index (χ1) is 12.6. The van der Waals surface area contributed by atoms with Crippen molar-refractivity contribution in [2.45, 2.75) is 6.54 Å². The highest BCUT2D eigenvalue weighted by atomic mass is 19.1. The molecular weight excluding hydrogens is 335 g/mol. The maximum atomic E-state index is 13.2. The molecule has 0 unspecified atom stereocenters. The molecule has 4 aromatic rings. The first-order valence-corrected chi connectivity index (χ1v) is 7.86. The largest absolute Gasteiger partial charge is 0.478 e. The molecule has 128 valence electrons. The fraction of sp³-hybridized carbons (Fsp3) is 0.0526. The van der Waals surface area contributed by atoms with Crippen LogP contribution in [0.1, 0.15) is 15.9 Å². The van der Waals surface area contributed by atoms with E-state index in [0.29, 0.717) is 28.8 Å². The van der Waals surface area contributed by atoms with Gasteiger partial charge in [-0.3, -0.25) is 4.98 Å². The van der Waals surface area contributed by atoms with E-state index in [4.69, 9.17) is 0 Å². The smallest absolute Gasteiger partial charge is 0.336 e. The Balaban J connectivity index is 1.87. The molecule has 1 aromatic carbocycles. The van der Waals surface area contributed by atoms with E-state index in [1.165, 1.54) is 24.4 Å². The molecule has 0 aliphatic rings. The third-order valence-electron chi connectivity index (χ3n) is 4.06. The van der Waals surface area contributed by atoms with Crippen LogP contribution in [0.25, 0.3) is 22.3 Å². The van der Waals surface area contributed by atoms with Crippen molar-refractivity contribution in [1.29, 1.82) is 0 Å². The van der Waals surface area contributed by atoms with Crippen LogP contribution in [-0.2, 0) is 6.54 Å². The zero-order valence-corrected chi connectivity index (χ0v) is 13.5. The second-order valence-electron chi connectivity index (χ2n) is 5.76. The van der Waals surface area contributed by atoms with Crippen molar-refractivity contribution in [2.75, 3.05) is 0 Å². The fourth-order valence-electron chi connectivity index (χ4n) is 2.77. The molecule has 7 heteroatoms. The lowest BCUT2D eigenvalue weighted by Gasteiger charge is -2.07. The van der Waals surface area contributed by atoms with Crippen LogP contribution >= 0.6 is 0 Å². The molecule has 0 spiro atoms. The summed E-state index contributed by atoms with van der Waals surface area (Å²) in [6, 6.07) is 11.0. The predicted molar refractivity (Wildman–Crippen MR) is 93.2 cm³/mol. The van der Waals surface area contributed by atoms with Gasteiger partial charge in [-0.05, 0) is 48.0 Å². The lowest BCUT2D eigenvalue weighted by Crippen LogP contribution is -2.05. The number of aromatic nitrogens is 4. The number of carboxylic acid groups (broad SMARTS) is 1. The number of pyridine rings is 2. The van der Waals surface area contributed by atoms with Gasteiger partial charge in [0.1, 0.15) is 5.82 Å². The van der Waals surface area contributed by atoms with E-state index in [2.05, 4.69) is 15.1 Å². The van der Waals surface area contributed by atoms with E-state index in [0.717, 1.165) is 5.56 Å². The minimum atomic E-state index is -1.07. The average molecular weight is 348 g/mol. The number of nitrogens with zero attached hydrogens (tertiary/aromatic N) is 4. The van der Waals surface area contributed by atoms with Crippen LogP contribution in [0.2, 0.25) is 0 Å². The summed E-state index contributed by atoms with van der Waals surface area (Å²) >= 11 is 0. The number of halogens is 1. The van der Waals surface area contributed by atoms with Gasteiger partial charge < -0.3 is 5.11 Å². The topological polar surface area (TPSA) is 80.9 Å². The lowest BCUT2D eigenvalue weighted by atomic mass is 10.1. The Morgan fingerprint density at radius 2 is 1.85 bits per heavy atom. The van der Waals surface area contributed by atoms with Crippen LogP contribution in [0.3, 0.4) is 0 Å². The number of benzene rings is 1. The van der Waals surface area contributed by atoms with E-state index >= 15 is 0 Å². The summed E-state index contributed by atoms with van der Waals surface area (Å²) in [6.07, 6.45) is 4.86. The molecule has 6 nitrogen and oxygen atoms in total. The Bertz CT molecular complexity index is 1090. The van der Waals surface area contributed by atoms with Crippen molar-refractivity contribution >= 4 is 17.0 Å². The highest BCUT2D eigenvalue weighted by molar-refractivity contribution is 6.02. The molecule has 4 rings (SSSR count). The number of carboxylic acids is 1. The second kappa shape index (κ2) is 6.36. The Labute approximate surface area is 147 Å². The van der Waals surface area contributed by atoms with Gasteiger partial charge in [0.2, 0.25) is 0 Å². The molecule has 1 N–H and O–H groups in total. The summed E-state index contributed by atoms with van der Waals surface area (Å²) in [6.45, 7) is 0.435. The molecule has 0 radical (unpaired) electrons. The van der Waals surface area contributed by atoms with Crippen molar-refractivity contribution in [3.05, 3.63) is 78.0 Å². The van der Waals surface area contributed by atoms with Crippen molar-refractivity contribution < 1.29 is 14.3 Å². The Hall–Kier alpha value is -3.61. The Kier molecular flexibility index (Phi) is 3.89. The fourth-order valence-corrected chi connectivity index (χ4v) is 2.77. The second-order valence-corrected chi connectivity index (χ2v) is 5.76. The molecule has 0 amide bonds. The molecule has 0 saturated heterocycles. The highest BCUT2D eigenvalue weighted by Crippen LogP contribution is 2.25. The normalized spacial score (nSPS) is 11.0. The number of aromatic carboxylic acids is 1. The summed E-state index contributed by atoms with van der Waals surface area (Å²) < 4.78 is 14.8. The molecule has 3 heterocycles. The number of carbonyl (C=O) groups is 1. The zero-order valence-electron chi connectivity index (χ0n) is 13.5. The van der Waals surface area contributed by atoms with E-state index in [1.54, 1.807) is 29.2 Å². The number of rotatable bonds is 4. The van der Waals surface area contributed by atoms with Crippen molar-refractivity contribution in [2.24, 2.45) is 0 Å². The van der Waals surface area contributed by atoms with E-state index in [9.17, 15) is 14.3 Å². The van der Waals surface area contributed by atoms with Crippen LogP contribution in [0.15, 0.2) is 61.1 Å². The number of fused-ring (bicyclic) bond motifs is 1. The summed E-state index contributed by atoms with van der Waals surface area (Å²) in [5.74, 6) is -1.43. The van der Waals surface area contributed by atoms with Crippen LogP contribution < -0.4 is 0 Å². The minimum Gasteiger partial charge on any atom is -0.478 e. The summed E-state index contributed by atoms with van der Waals surface area (Å²) in [5.41, 5.74) is 2.62. The highest BCUT2D eigenvalue weighted by Gasteiger charge is 2.17. The van der Waals surface area contributed by atoms with Gasteiger partial charge in [0, 0.05) is 18.0 Å². The van der Waals surface area contributed by atoms with Gasteiger partial charge >= 0.3 is 5.97 Å². The Morgan fingerprint density at radius 1 is 1.12 bits per heavy atom. The van der Waals surface area contributed by atoms with Crippen LogP contribution in [0.5, 0.6) is 0 Å². The standard InChI is InChI=1S/C19H13FN4O2/c20-14-3-1-13(2-4-14)17-9-15(19(25)26)16-10-22-24(18(16)23-17)11-12-5-7-21-8-6-12/h1-10H,11H2,(H,25,26). The molecular formula is C19H13FN4O2. The van der Waals surface area contributed by atoms with Crippen LogP contribution in [0, 0.1) is 5.82 Å². The monoisotopic (exact) mass is 348 g/mol. The third-order valence-corrected chi connectivity index (χ3v) is 4.06. The van der Waals surface area contributed by atoms with E-state index in [1.807, 2.05) is 12.1 Å². The van der Waals surface area contributed by atoms with Gasteiger partial charge in [0.25, 0.3) is 0 Å². The number of hydrogen-bond donors (Lipinski definition) is 1. The molecule has 0 aliphatic carbocycles. The SMILES string of the molecule is O=C(O)c1cc(-c2ccc(F)cc2)nc2c1cnn2Cc1ccncc1. The molecule has 0 bridgehead atoms. The average Bonchev–Trinajstić information content (AvgIpc) is 3.05. The molecule has 3 aromatic heterocycles. The van der Waals surface area contributed by atoms with Crippen LogP contribution in [0.4, 0.5) is 4.39 Å². The van der Waals surface area contributed by atoms with E-state index in [-0.39, 0.29) is 11.4 Å². The molecule has 0 saturated carbocycles. The van der Waals surface area contributed by atoms with Crippen molar-refractivity contribution in [3.63, 3.8) is 0 Å². The van der Waals surface area contributed by atoms with Gasteiger partial charge in [-0.2, -0.15) is 5.10 Å². The quantitative estimate of drug-likeness (QED) is 0.611. The zero-order chi connectivity index (χ0) is 18.1. The molecule has 0 aliphatic heterocycles. The van der Waals surface area contributed by atoms with E-state index < -0.39 is 5.97 Å². The summed E-state index contributed by atoms with van der Waals surface area (Å²) in [7, 11) is 0. The van der Waals surface area contributed by atoms with Crippen LogP contribution in [-0.4, -0.2) is 30.8 Å². The summed E-state index contributed by atoms with van der Waals surface area (Å²) in [5, 5.41) is 14.3. The molecule has 0 atom stereocenters.